The van der Waals surface area contributed by atoms with Gasteiger partial charge in [-0.25, -0.2) is 0 Å². The molecule has 2 aliphatic heterocycles. The molecule has 4 rings (SSSR count). The van der Waals surface area contributed by atoms with Gasteiger partial charge in [0.05, 0.1) is 4.91 Å². The normalized spacial score (nSPS) is 17.6. The Morgan fingerprint density at radius 3 is 2.37 bits per heavy atom. The minimum absolute atomic E-state index is 0.0761. The summed E-state index contributed by atoms with van der Waals surface area (Å²) >= 11 is 7.04. The van der Waals surface area contributed by atoms with Crippen LogP contribution in [0.4, 0.5) is 5.82 Å². The lowest BCUT2D eigenvalue weighted by molar-refractivity contribution is -0.122. The van der Waals surface area contributed by atoms with E-state index in [1.165, 1.54) is 17.3 Å². The maximum absolute atomic E-state index is 13.7. The summed E-state index contributed by atoms with van der Waals surface area (Å²) in [7, 11) is 0. The molecule has 0 aliphatic carbocycles. The number of thiocarbonyl (C=S) groups is 1. The molecular formula is C34H45N5O2S2. The highest BCUT2D eigenvalue weighted by atomic mass is 32.2. The van der Waals surface area contributed by atoms with Gasteiger partial charge in [0.15, 0.2) is 0 Å². The Labute approximate surface area is 266 Å². The fourth-order valence-electron chi connectivity index (χ4n) is 5.93. The number of piperazine rings is 1. The lowest BCUT2D eigenvalue weighted by Gasteiger charge is -2.38. The molecule has 1 aromatic heterocycles. The first-order valence-electron chi connectivity index (χ1n) is 15.8. The largest absolute Gasteiger partial charge is 0.355 e. The Bertz CT molecular complexity index is 1420. The second kappa shape index (κ2) is 15.7. The van der Waals surface area contributed by atoms with Crippen molar-refractivity contribution in [2.45, 2.75) is 79.3 Å². The number of unbranched alkanes of at least 4 members (excludes halogenated alkanes) is 2. The van der Waals surface area contributed by atoms with Gasteiger partial charge in [0.25, 0.3) is 11.5 Å². The standard InChI is InChI=1S/C34H45N5O2S2/c1-5-8-13-26(7-3)24-39-33(41)30(43-34(39)42)21-28-25(4)29(22-35)32(40)38(16-9-6-2)31(28)37-19-17-36(18-20-37)23-27-14-11-10-12-15-27/h10-12,14-15,21,26H,5-9,13,16-20,23-24H2,1-4H3. The summed E-state index contributed by atoms with van der Waals surface area (Å²) in [6.07, 6.45) is 8.01. The summed E-state index contributed by atoms with van der Waals surface area (Å²) < 4.78 is 2.37. The Hall–Kier alpha value is -2.93. The molecule has 1 atom stereocenters. The molecule has 2 saturated heterocycles. The molecule has 230 valence electrons. The van der Waals surface area contributed by atoms with Crippen molar-refractivity contribution in [1.29, 1.82) is 5.26 Å². The number of amides is 1. The van der Waals surface area contributed by atoms with Gasteiger partial charge in [-0.3, -0.25) is 24.0 Å². The van der Waals surface area contributed by atoms with Crippen LogP contribution in [0.5, 0.6) is 0 Å². The Morgan fingerprint density at radius 2 is 1.74 bits per heavy atom. The van der Waals surface area contributed by atoms with Gasteiger partial charge in [-0.05, 0) is 42.9 Å². The molecule has 3 heterocycles. The van der Waals surface area contributed by atoms with Crippen molar-refractivity contribution < 1.29 is 4.79 Å². The van der Waals surface area contributed by atoms with Crippen LogP contribution in [0.1, 0.15) is 81.5 Å². The molecule has 43 heavy (non-hydrogen) atoms. The number of hydrogen-bond acceptors (Lipinski definition) is 7. The van der Waals surface area contributed by atoms with E-state index in [1.54, 1.807) is 9.47 Å². The summed E-state index contributed by atoms with van der Waals surface area (Å²) in [5.41, 5.74) is 2.59. The van der Waals surface area contributed by atoms with E-state index in [9.17, 15) is 14.9 Å². The van der Waals surface area contributed by atoms with Gasteiger partial charge < -0.3 is 4.90 Å². The van der Waals surface area contributed by atoms with E-state index in [4.69, 9.17) is 12.2 Å². The molecule has 0 N–H and O–H groups in total. The van der Waals surface area contributed by atoms with Crippen LogP contribution in [0.25, 0.3) is 6.08 Å². The van der Waals surface area contributed by atoms with Gasteiger partial charge in [-0.2, -0.15) is 5.26 Å². The van der Waals surface area contributed by atoms with Crippen LogP contribution < -0.4 is 10.5 Å². The molecule has 0 radical (unpaired) electrons. The van der Waals surface area contributed by atoms with Gasteiger partial charge in [-0.15, -0.1) is 0 Å². The van der Waals surface area contributed by atoms with Crippen molar-refractivity contribution in [3.8, 4) is 6.07 Å². The average molecular weight is 620 g/mol. The number of carbonyl (C=O) groups is 1. The smallest absolute Gasteiger partial charge is 0.270 e. The zero-order chi connectivity index (χ0) is 30.9. The molecule has 2 aliphatic rings. The molecule has 1 unspecified atom stereocenters. The van der Waals surface area contributed by atoms with Crippen LogP contribution in [-0.2, 0) is 17.9 Å². The van der Waals surface area contributed by atoms with Crippen molar-refractivity contribution in [2.24, 2.45) is 5.92 Å². The van der Waals surface area contributed by atoms with Crippen LogP contribution in [-0.4, -0.2) is 57.3 Å². The van der Waals surface area contributed by atoms with Crippen molar-refractivity contribution in [3.63, 3.8) is 0 Å². The Kier molecular flexibility index (Phi) is 12.0. The highest BCUT2D eigenvalue weighted by molar-refractivity contribution is 8.26. The minimum Gasteiger partial charge on any atom is -0.355 e. The molecule has 7 nitrogen and oxygen atoms in total. The zero-order valence-electron chi connectivity index (χ0n) is 26.1. The third-order valence-corrected chi connectivity index (χ3v) is 10.0. The summed E-state index contributed by atoms with van der Waals surface area (Å²) in [5, 5.41) is 10.0. The molecule has 2 aromatic rings. The maximum Gasteiger partial charge on any atom is 0.270 e. The van der Waals surface area contributed by atoms with Crippen molar-refractivity contribution in [3.05, 3.63) is 67.8 Å². The van der Waals surface area contributed by atoms with E-state index >= 15 is 0 Å². The summed E-state index contributed by atoms with van der Waals surface area (Å²) in [6, 6.07) is 12.7. The highest BCUT2D eigenvalue weighted by Gasteiger charge is 2.34. The molecule has 0 saturated carbocycles. The van der Waals surface area contributed by atoms with Gasteiger partial charge in [0.1, 0.15) is 21.8 Å². The van der Waals surface area contributed by atoms with Crippen molar-refractivity contribution >= 4 is 46.1 Å². The van der Waals surface area contributed by atoms with Gasteiger partial charge in [0, 0.05) is 51.4 Å². The summed E-state index contributed by atoms with van der Waals surface area (Å²) in [6.45, 7) is 13.6. The predicted octanol–water partition coefficient (Wildman–Crippen LogP) is 6.57. The molecule has 0 spiro atoms. The van der Waals surface area contributed by atoms with Crippen LogP contribution in [0.15, 0.2) is 40.0 Å². The number of nitriles is 1. The first-order valence-corrected chi connectivity index (χ1v) is 17.0. The number of rotatable bonds is 13. The number of benzene rings is 1. The number of pyridine rings is 1. The van der Waals surface area contributed by atoms with Crippen LogP contribution in [0.2, 0.25) is 0 Å². The molecule has 0 bridgehead atoms. The van der Waals surface area contributed by atoms with E-state index in [-0.39, 0.29) is 17.0 Å². The number of hydrogen-bond donors (Lipinski definition) is 0. The summed E-state index contributed by atoms with van der Waals surface area (Å²) in [5.74, 6) is 1.15. The van der Waals surface area contributed by atoms with Crippen molar-refractivity contribution in [1.82, 2.24) is 14.4 Å². The Morgan fingerprint density at radius 1 is 1.05 bits per heavy atom. The van der Waals surface area contributed by atoms with Gasteiger partial charge >= 0.3 is 0 Å². The fourth-order valence-corrected chi connectivity index (χ4v) is 7.19. The third-order valence-electron chi connectivity index (χ3n) is 8.64. The quantitative estimate of drug-likeness (QED) is 0.186. The van der Waals surface area contributed by atoms with Crippen LogP contribution in [0, 0.1) is 24.2 Å². The van der Waals surface area contributed by atoms with E-state index in [2.05, 4.69) is 60.9 Å². The third kappa shape index (κ3) is 7.78. The van der Waals surface area contributed by atoms with E-state index in [1.807, 2.05) is 19.1 Å². The predicted molar refractivity (Wildman–Crippen MR) is 182 cm³/mol. The van der Waals surface area contributed by atoms with E-state index in [0.29, 0.717) is 33.8 Å². The Balaban J connectivity index is 1.70. The SMILES string of the molecule is CCCCC(CC)CN1C(=O)C(=Cc2c(C)c(C#N)c(=O)n(CCCC)c2N2CCN(Cc3ccccc3)CC2)SC1=S. The number of thioether (sulfide) groups is 1. The molecule has 1 aromatic carbocycles. The average Bonchev–Trinajstić information content (AvgIpc) is 3.28. The number of nitrogens with zero attached hydrogens (tertiary/aromatic N) is 5. The monoisotopic (exact) mass is 619 g/mol. The molecule has 9 heteroatoms. The van der Waals surface area contributed by atoms with E-state index in [0.717, 1.165) is 82.6 Å². The lowest BCUT2D eigenvalue weighted by Crippen LogP contribution is -2.48. The molecular weight excluding hydrogens is 575 g/mol. The first-order chi connectivity index (χ1) is 20.8. The van der Waals surface area contributed by atoms with Crippen LogP contribution >= 0.6 is 24.0 Å². The van der Waals surface area contributed by atoms with Crippen LogP contribution in [0.3, 0.4) is 0 Å². The second-order valence-electron chi connectivity index (χ2n) is 11.6. The number of anilines is 1. The minimum atomic E-state index is -0.249. The number of aromatic nitrogens is 1. The number of carbonyl (C=O) groups excluding carboxylic acids is 1. The lowest BCUT2D eigenvalue weighted by atomic mass is 9.99. The van der Waals surface area contributed by atoms with Gasteiger partial charge in [-0.1, -0.05) is 101 Å². The van der Waals surface area contributed by atoms with Crippen molar-refractivity contribution in [2.75, 3.05) is 37.6 Å². The highest BCUT2D eigenvalue weighted by Crippen LogP contribution is 2.37. The zero-order valence-corrected chi connectivity index (χ0v) is 27.7. The summed E-state index contributed by atoms with van der Waals surface area (Å²) in [4.78, 5) is 34.4. The topological polar surface area (TPSA) is 72.6 Å². The molecule has 2 fully saturated rings. The first kappa shape index (κ1) is 33.0. The molecule has 1 amide bonds. The van der Waals surface area contributed by atoms with E-state index < -0.39 is 0 Å². The fraction of sp³-hybridized carbons (Fsp3) is 0.529. The maximum atomic E-state index is 13.7. The van der Waals surface area contributed by atoms with Gasteiger partial charge in [0.2, 0.25) is 0 Å². The second-order valence-corrected chi connectivity index (χ2v) is 13.3.